The van der Waals surface area contributed by atoms with Crippen LogP contribution in [-0.4, -0.2) is 39.3 Å². The maximum absolute atomic E-state index is 13.1. The van der Waals surface area contributed by atoms with E-state index in [1.807, 2.05) is 18.2 Å². The van der Waals surface area contributed by atoms with Crippen molar-refractivity contribution in [1.82, 2.24) is 19.7 Å². The number of ether oxygens (including phenoxy) is 1. The molecule has 3 aromatic rings. The van der Waals surface area contributed by atoms with Crippen LogP contribution in [0, 0.1) is 0 Å². The minimum absolute atomic E-state index is 0.156. The molecule has 8 nitrogen and oxygen atoms in total. The first kappa shape index (κ1) is 15.4. The van der Waals surface area contributed by atoms with Crippen molar-refractivity contribution in [2.24, 2.45) is 7.05 Å². The maximum Gasteiger partial charge on any atom is 0.281 e. The van der Waals surface area contributed by atoms with Crippen molar-refractivity contribution in [3.63, 3.8) is 0 Å². The van der Waals surface area contributed by atoms with Gasteiger partial charge in [-0.05, 0) is 24.5 Å². The lowest BCUT2D eigenvalue weighted by Crippen LogP contribution is -2.36. The second kappa shape index (κ2) is 5.73. The van der Waals surface area contributed by atoms with Gasteiger partial charge in [0.05, 0.1) is 19.1 Å². The van der Waals surface area contributed by atoms with E-state index in [-0.39, 0.29) is 22.7 Å². The summed E-state index contributed by atoms with van der Waals surface area (Å²) in [5.74, 6) is 0.415. The molecule has 3 heterocycles. The number of methoxy groups -OCH3 is 1. The number of fused-ring (bicyclic) bond motifs is 2. The van der Waals surface area contributed by atoms with Crippen LogP contribution >= 0.6 is 0 Å². The number of hydrogen-bond acceptors (Lipinski definition) is 5. The molecule has 0 unspecified atom stereocenters. The second-order valence-electron chi connectivity index (χ2n) is 6.01. The lowest BCUT2D eigenvalue weighted by molar-refractivity contribution is 0.0981. The monoisotopic (exact) mass is 339 g/mol. The van der Waals surface area contributed by atoms with Gasteiger partial charge in [0.1, 0.15) is 11.3 Å². The summed E-state index contributed by atoms with van der Waals surface area (Å²) in [5, 5.41) is 6.71. The lowest BCUT2D eigenvalue weighted by Gasteiger charge is -2.29. The number of aromatic nitrogens is 4. The quantitative estimate of drug-likeness (QED) is 0.759. The maximum atomic E-state index is 13.1. The third-order valence-corrected chi connectivity index (χ3v) is 4.49. The molecule has 1 aromatic carbocycles. The van der Waals surface area contributed by atoms with Crippen molar-refractivity contribution in [1.29, 1.82) is 0 Å². The van der Waals surface area contributed by atoms with Gasteiger partial charge in [0, 0.05) is 19.7 Å². The van der Waals surface area contributed by atoms with Gasteiger partial charge in [0.25, 0.3) is 11.5 Å². The number of benzene rings is 1. The molecule has 4 rings (SSSR count). The van der Waals surface area contributed by atoms with Gasteiger partial charge < -0.3 is 14.2 Å². The molecule has 1 N–H and O–H groups in total. The van der Waals surface area contributed by atoms with Crippen LogP contribution in [0.3, 0.4) is 0 Å². The Hall–Kier alpha value is -3.16. The molecule has 1 amide bonds. The highest BCUT2D eigenvalue weighted by Gasteiger charge is 2.28. The third-order valence-electron chi connectivity index (χ3n) is 4.49. The predicted molar refractivity (Wildman–Crippen MR) is 92.1 cm³/mol. The molecule has 0 fully saturated rings. The molecule has 0 aliphatic carbocycles. The van der Waals surface area contributed by atoms with Gasteiger partial charge in [0.15, 0.2) is 11.2 Å². The van der Waals surface area contributed by atoms with Crippen molar-refractivity contribution in [2.75, 3.05) is 18.6 Å². The average Bonchev–Trinajstić information content (AvgIpc) is 3.08. The molecule has 0 bridgehead atoms. The summed E-state index contributed by atoms with van der Waals surface area (Å²) in [6, 6.07) is 5.72. The molecule has 2 aromatic heterocycles. The number of carbonyl (C=O) groups is 1. The van der Waals surface area contributed by atoms with Gasteiger partial charge in [-0.3, -0.25) is 14.7 Å². The first-order valence-corrected chi connectivity index (χ1v) is 7.98. The fraction of sp³-hybridized carbons (Fsp3) is 0.294. The Morgan fingerprint density at radius 3 is 3.00 bits per heavy atom. The van der Waals surface area contributed by atoms with E-state index in [2.05, 4.69) is 15.2 Å². The molecular weight excluding hydrogens is 322 g/mol. The van der Waals surface area contributed by atoms with E-state index < -0.39 is 0 Å². The Morgan fingerprint density at radius 2 is 2.20 bits per heavy atom. The Bertz CT molecular complexity index is 1040. The third kappa shape index (κ3) is 2.37. The van der Waals surface area contributed by atoms with Crippen LogP contribution in [-0.2, 0) is 13.5 Å². The molecule has 25 heavy (non-hydrogen) atoms. The number of hydrogen-bond donors (Lipinski definition) is 1. The number of amides is 1. The molecule has 1 aliphatic rings. The van der Waals surface area contributed by atoms with Crippen LogP contribution in [0.4, 0.5) is 5.69 Å². The lowest BCUT2D eigenvalue weighted by atomic mass is 10.0. The van der Waals surface area contributed by atoms with Crippen molar-refractivity contribution in [3.8, 4) is 5.75 Å². The topological polar surface area (TPSA) is 93.1 Å². The minimum Gasteiger partial charge on any atom is -0.497 e. The average molecular weight is 339 g/mol. The van der Waals surface area contributed by atoms with Crippen molar-refractivity contribution in [3.05, 3.63) is 46.1 Å². The molecule has 0 saturated carbocycles. The van der Waals surface area contributed by atoms with Crippen LogP contribution in [0.15, 0.2) is 29.3 Å². The number of carbonyl (C=O) groups excluding carboxylic acids is 1. The van der Waals surface area contributed by atoms with E-state index in [9.17, 15) is 9.59 Å². The van der Waals surface area contributed by atoms with Crippen LogP contribution in [0.25, 0.3) is 11.0 Å². The summed E-state index contributed by atoms with van der Waals surface area (Å²) < 4.78 is 6.63. The Labute approximate surface area is 143 Å². The van der Waals surface area contributed by atoms with E-state index in [0.29, 0.717) is 17.8 Å². The highest BCUT2D eigenvalue weighted by atomic mass is 16.5. The van der Waals surface area contributed by atoms with Crippen molar-refractivity contribution >= 4 is 22.6 Å². The predicted octanol–water partition coefficient (Wildman–Crippen LogP) is 1.26. The zero-order chi connectivity index (χ0) is 17.6. The minimum atomic E-state index is -0.277. The molecule has 0 spiro atoms. The molecular formula is C17H17N5O3. The summed E-state index contributed by atoms with van der Waals surface area (Å²) in [6.45, 7) is 0.582. The van der Waals surface area contributed by atoms with Gasteiger partial charge in [0.2, 0.25) is 0 Å². The number of H-pyrrole nitrogens is 1. The number of aryl methyl sites for hydroxylation is 2. The SMILES string of the molecule is COc1ccc2c(c1)N(C(=O)c1n[nH]c3c(=O)n(C)cnc13)CCC2. The van der Waals surface area contributed by atoms with Crippen LogP contribution in [0.2, 0.25) is 0 Å². The zero-order valence-corrected chi connectivity index (χ0v) is 13.9. The fourth-order valence-corrected chi connectivity index (χ4v) is 3.15. The molecule has 8 heteroatoms. The molecule has 0 radical (unpaired) electrons. The summed E-state index contributed by atoms with van der Waals surface area (Å²) >= 11 is 0. The fourth-order valence-electron chi connectivity index (χ4n) is 3.15. The Kier molecular flexibility index (Phi) is 3.52. The summed E-state index contributed by atoms with van der Waals surface area (Å²) in [7, 11) is 3.20. The first-order valence-electron chi connectivity index (χ1n) is 7.98. The molecule has 1 aliphatic heterocycles. The van der Waals surface area contributed by atoms with Gasteiger partial charge in [-0.25, -0.2) is 4.98 Å². The van der Waals surface area contributed by atoms with Gasteiger partial charge in [-0.1, -0.05) is 6.07 Å². The second-order valence-corrected chi connectivity index (χ2v) is 6.01. The highest BCUT2D eigenvalue weighted by Crippen LogP contribution is 2.32. The summed E-state index contributed by atoms with van der Waals surface area (Å²) in [6.07, 6.45) is 3.16. The summed E-state index contributed by atoms with van der Waals surface area (Å²) in [4.78, 5) is 31.1. The molecule has 0 saturated heterocycles. The van der Waals surface area contributed by atoms with E-state index in [4.69, 9.17) is 4.74 Å². The van der Waals surface area contributed by atoms with Gasteiger partial charge in [-0.15, -0.1) is 0 Å². The van der Waals surface area contributed by atoms with Crippen LogP contribution in [0.5, 0.6) is 5.75 Å². The number of aromatic amines is 1. The van der Waals surface area contributed by atoms with E-state index in [0.717, 1.165) is 24.1 Å². The van der Waals surface area contributed by atoms with E-state index in [1.165, 1.54) is 10.9 Å². The van der Waals surface area contributed by atoms with Crippen molar-refractivity contribution < 1.29 is 9.53 Å². The van der Waals surface area contributed by atoms with E-state index >= 15 is 0 Å². The zero-order valence-electron chi connectivity index (χ0n) is 13.9. The first-order chi connectivity index (χ1) is 12.1. The smallest absolute Gasteiger partial charge is 0.281 e. The molecule has 0 atom stereocenters. The molecule has 128 valence electrons. The van der Waals surface area contributed by atoms with Gasteiger partial charge >= 0.3 is 0 Å². The largest absolute Gasteiger partial charge is 0.497 e. The number of nitrogens with zero attached hydrogens (tertiary/aromatic N) is 4. The standard InChI is InChI=1S/C17H17N5O3/c1-21-9-18-13-14(16(21)23)19-20-15(13)17(24)22-7-3-4-10-5-6-11(25-2)8-12(10)22/h5-6,8-9H,3-4,7H2,1-2H3,(H,19,20). The van der Waals surface area contributed by atoms with E-state index in [1.54, 1.807) is 19.1 Å². The number of anilines is 1. The van der Waals surface area contributed by atoms with Crippen molar-refractivity contribution in [2.45, 2.75) is 12.8 Å². The Balaban J connectivity index is 1.81. The van der Waals surface area contributed by atoms with Crippen LogP contribution < -0.4 is 15.2 Å². The normalized spacial score (nSPS) is 13.8. The van der Waals surface area contributed by atoms with Crippen LogP contribution in [0.1, 0.15) is 22.5 Å². The highest BCUT2D eigenvalue weighted by molar-refractivity contribution is 6.11. The number of rotatable bonds is 2. The van der Waals surface area contributed by atoms with Gasteiger partial charge in [-0.2, -0.15) is 5.10 Å². The summed E-state index contributed by atoms with van der Waals surface area (Å²) in [5.41, 5.74) is 2.32. The Morgan fingerprint density at radius 1 is 1.36 bits per heavy atom. The number of nitrogens with one attached hydrogen (secondary N) is 1.